The standard InChI is InChI=1S/C17H14O4/c1-8-7-21-17-11-6-5-9-10(3-2-4-12(9)18)14(11)16(20)15(19)13(8)17/h5-6,8H,2-4,7H2,1H3/t8-/m1/s1. The van der Waals surface area contributed by atoms with Crippen molar-refractivity contribution in [3.63, 3.8) is 0 Å². The lowest BCUT2D eigenvalue weighted by molar-refractivity contribution is -0.112. The van der Waals surface area contributed by atoms with Gasteiger partial charge < -0.3 is 4.74 Å². The fourth-order valence-corrected chi connectivity index (χ4v) is 3.56. The third-order valence-electron chi connectivity index (χ3n) is 4.58. The summed E-state index contributed by atoms with van der Waals surface area (Å²) in [5.74, 6) is -0.397. The zero-order chi connectivity index (χ0) is 14.7. The summed E-state index contributed by atoms with van der Waals surface area (Å²) in [6, 6.07) is 3.53. The number of ether oxygens (including phenoxy) is 1. The average Bonchev–Trinajstić information content (AvgIpc) is 2.86. The molecule has 0 bridgehead atoms. The van der Waals surface area contributed by atoms with Crippen molar-refractivity contribution in [2.75, 3.05) is 6.61 Å². The Labute approximate surface area is 121 Å². The summed E-state index contributed by atoms with van der Waals surface area (Å²) < 4.78 is 5.65. The molecular formula is C17H14O4. The van der Waals surface area contributed by atoms with Crippen LogP contribution in [0.2, 0.25) is 0 Å². The smallest absolute Gasteiger partial charge is 0.234 e. The quantitative estimate of drug-likeness (QED) is 0.685. The summed E-state index contributed by atoms with van der Waals surface area (Å²) in [7, 11) is 0. The van der Waals surface area contributed by atoms with Crippen LogP contribution in [0, 0.1) is 5.92 Å². The number of hydrogen-bond acceptors (Lipinski definition) is 4. The van der Waals surface area contributed by atoms with E-state index in [1.165, 1.54) is 0 Å². The second-order valence-corrected chi connectivity index (χ2v) is 5.90. The van der Waals surface area contributed by atoms with Gasteiger partial charge in [0.25, 0.3) is 0 Å². The van der Waals surface area contributed by atoms with Crippen molar-refractivity contribution < 1.29 is 19.1 Å². The van der Waals surface area contributed by atoms with Crippen LogP contribution in [0.3, 0.4) is 0 Å². The van der Waals surface area contributed by atoms with Crippen LogP contribution in [-0.4, -0.2) is 24.0 Å². The Morgan fingerprint density at radius 3 is 2.62 bits per heavy atom. The predicted molar refractivity (Wildman–Crippen MR) is 75.1 cm³/mol. The number of benzene rings is 1. The van der Waals surface area contributed by atoms with Gasteiger partial charge in [0, 0.05) is 29.0 Å². The van der Waals surface area contributed by atoms with Crippen LogP contribution >= 0.6 is 0 Å². The van der Waals surface area contributed by atoms with Crippen LogP contribution < -0.4 is 0 Å². The van der Waals surface area contributed by atoms with Crippen LogP contribution in [0.15, 0.2) is 17.7 Å². The zero-order valence-corrected chi connectivity index (χ0v) is 11.7. The number of carbonyl (C=O) groups is 3. The molecule has 1 aromatic carbocycles. The molecule has 0 saturated heterocycles. The summed E-state index contributed by atoms with van der Waals surface area (Å²) >= 11 is 0. The Morgan fingerprint density at radius 2 is 1.81 bits per heavy atom. The Balaban J connectivity index is 2.03. The van der Waals surface area contributed by atoms with Gasteiger partial charge in [-0.2, -0.15) is 0 Å². The van der Waals surface area contributed by atoms with Gasteiger partial charge in [-0.15, -0.1) is 0 Å². The lowest BCUT2D eigenvalue weighted by Gasteiger charge is -2.23. The molecule has 1 aromatic rings. The number of Topliss-reactive ketones (excluding diaryl/α,β-unsaturated/α-hetero) is 3. The molecule has 0 amide bonds. The first-order valence-electron chi connectivity index (χ1n) is 7.25. The maximum Gasteiger partial charge on any atom is 0.234 e. The summed E-state index contributed by atoms with van der Waals surface area (Å²) in [6.07, 6.45) is 1.91. The highest BCUT2D eigenvalue weighted by atomic mass is 16.5. The van der Waals surface area contributed by atoms with Crippen LogP contribution in [0.25, 0.3) is 5.76 Å². The fourth-order valence-electron chi connectivity index (χ4n) is 3.56. The van der Waals surface area contributed by atoms with E-state index in [4.69, 9.17) is 4.74 Å². The van der Waals surface area contributed by atoms with Crippen molar-refractivity contribution in [1.82, 2.24) is 0 Å². The molecular weight excluding hydrogens is 268 g/mol. The highest BCUT2D eigenvalue weighted by Gasteiger charge is 2.42. The van der Waals surface area contributed by atoms with Crippen molar-refractivity contribution in [2.45, 2.75) is 26.2 Å². The molecule has 1 heterocycles. The maximum absolute atomic E-state index is 12.5. The Morgan fingerprint density at radius 1 is 1.05 bits per heavy atom. The third kappa shape index (κ3) is 1.53. The largest absolute Gasteiger partial charge is 0.492 e. The summed E-state index contributed by atoms with van der Waals surface area (Å²) in [4.78, 5) is 36.9. The van der Waals surface area contributed by atoms with Crippen molar-refractivity contribution >= 4 is 23.1 Å². The lowest BCUT2D eigenvalue weighted by Crippen LogP contribution is -2.28. The van der Waals surface area contributed by atoms with E-state index in [1.807, 2.05) is 6.92 Å². The summed E-state index contributed by atoms with van der Waals surface area (Å²) in [6.45, 7) is 2.32. The second kappa shape index (κ2) is 4.13. The Hall–Kier alpha value is -2.23. The zero-order valence-electron chi connectivity index (χ0n) is 11.7. The number of ketones is 3. The van der Waals surface area contributed by atoms with Gasteiger partial charge in [0.2, 0.25) is 11.6 Å². The van der Waals surface area contributed by atoms with E-state index in [2.05, 4.69) is 0 Å². The molecule has 4 nitrogen and oxygen atoms in total. The normalized spacial score (nSPS) is 23.7. The second-order valence-electron chi connectivity index (χ2n) is 5.90. The van der Waals surface area contributed by atoms with Crippen LogP contribution in [0.1, 0.15) is 51.6 Å². The van der Waals surface area contributed by atoms with E-state index >= 15 is 0 Å². The molecule has 0 N–H and O–H groups in total. The minimum absolute atomic E-state index is 0.0535. The van der Waals surface area contributed by atoms with E-state index < -0.39 is 11.6 Å². The highest BCUT2D eigenvalue weighted by molar-refractivity contribution is 6.52. The molecule has 0 radical (unpaired) electrons. The molecule has 0 unspecified atom stereocenters. The molecule has 3 aliphatic rings. The van der Waals surface area contributed by atoms with E-state index in [0.717, 1.165) is 12.0 Å². The minimum atomic E-state index is -0.479. The minimum Gasteiger partial charge on any atom is -0.492 e. The first-order chi connectivity index (χ1) is 10.1. The van der Waals surface area contributed by atoms with Gasteiger partial charge in [0.1, 0.15) is 5.76 Å². The first kappa shape index (κ1) is 12.5. The van der Waals surface area contributed by atoms with Gasteiger partial charge in [0.05, 0.1) is 12.2 Å². The molecule has 0 aromatic heterocycles. The number of rotatable bonds is 0. The molecule has 2 aliphatic carbocycles. The van der Waals surface area contributed by atoms with Gasteiger partial charge in [-0.05, 0) is 24.5 Å². The van der Waals surface area contributed by atoms with E-state index in [1.54, 1.807) is 12.1 Å². The lowest BCUT2D eigenvalue weighted by atomic mass is 9.78. The summed E-state index contributed by atoms with van der Waals surface area (Å²) in [5, 5.41) is 0. The average molecular weight is 282 g/mol. The fraction of sp³-hybridized carbons (Fsp3) is 0.353. The van der Waals surface area contributed by atoms with Crippen LogP contribution in [-0.2, 0) is 16.0 Å². The van der Waals surface area contributed by atoms with E-state index in [0.29, 0.717) is 47.5 Å². The van der Waals surface area contributed by atoms with Crippen LogP contribution in [0.5, 0.6) is 0 Å². The van der Waals surface area contributed by atoms with Gasteiger partial charge in [-0.3, -0.25) is 14.4 Å². The first-order valence-corrected chi connectivity index (χ1v) is 7.25. The molecule has 21 heavy (non-hydrogen) atoms. The van der Waals surface area contributed by atoms with Crippen molar-refractivity contribution in [1.29, 1.82) is 0 Å². The van der Waals surface area contributed by atoms with E-state index in [-0.39, 0.29) is 11.7 Å². The number of carbonyl (C=O) groups excluding carboxylic acids is 3. The molecule has 1 aliphatic heterocycles. The molecule has 4 rings (SSSR count). The van der Waals surface area contributed by atoms with Crippen molar-refractivity contribution in [2.24, 2.45) is 5.92 Å². The van der Waals surface area contributed by atoms with Crippen LogP contribution in [0.4, 0.5) is 0 Å². The van der Waals surface area contributed by atoms with Gasteiger partial charge in [-0.1, -0.05) is 13.0 Å². The maximum atomic E-state index is 12.5. The summed E-state index contributed by atoms with van der Waals surface area (Å²) in [5.41, 5.74) is 2.91. The number of fused-ring (bicyclic) bond motifs is 4. The molecule has 0 spiro atoms. The van der Waals surface area contributed by atoms with Gasteiger partial charge >= 0.3 is 0 Å². The molecule has 4 heteroatoms. The SMILES string of the molecule is C[C@@H]1COC2=C1C(=O)C(=O)c1c2ccc2c1CCCC2=O. The predicted octanol–water partition coefficient (Wildman–Crippen LogP) is 2.35. The number of hydrogen-bond donors (Lipinski definition) is 0. The molecule has 0 saturated carbocycles. The molecule has 106 valence electrons. The van der Waals surface area contributed by atoms with Crippen molar-refractivity contribution in [3.05, 3.63) is 40.0 Å². The van der Waals surface area contributed by atoms with Crippen molar-refractivity contribution in [3.8, 4) is 0 Å². The third-order valence-corrected chi connectivity index (χ3v) is 4.58. The highest BCUT2D eigenvalue weighted by Crippen LogP contribution is 2.41. The van der Waals surface area contributed by atoms with Gasteiger partial charge in [0.15, 0.2) is 5.78 Å². The monoisotopic (exact) mass is 282 g/mol. The Bertz CT molecular complexity index is 754. The van der Waals surface area contributed by atoms with Gasteiger partial charge in [-0.25, -0.2) is 0 Å². The van der Waals surface area contributed by atoms with E-state index in [9.17, 15) is 14.4 Å². The molecule has 0 fully saturated rings. The Kier molecular flexibility index (Phi) is 2.46. The molecule has 1 atom stereocenters. The topological polar surface area (TPSA) is 60.4 Å².